The predicted octanol–water partition coefficient (Wildman–Crippen LogP) is 2.89. The summed E-state index contributed by atoms with van der Waals surface area (Å²) in [4.78, 5) is 6.70. The van der Waals surface area contributed by atoms with Gasteiger partial charge < -0.3 is 24.8 Å². The van der Waals surface area contributed by atoms with Crippen LogP contribution in [0.3, 0.4) is 0 Å². The van der Waals surface area contributed by atoms with Crippen LogP contribution in [0.15, 0.2) is 53.5 Å². The Morgan fingerprint density at radius 2 is 1.61 bits per heavy atom. The lowest BCUT2D eigenvalue weighted by Gasteiger charge is -2.26. The van der Waals surface area contributed by atoms with E-state index >= 15 is 0 Å². The molecule has 0 atom stereocenters. The molecule has 0 spiro atoms. The zero-order valence-electron chi connectivity index (χ0n) is 18.3. The number of methoxy groups -OCH3 is 1. The Kier molecular flexibility index (Phi) is 11.5. The average molecular weight is 540 g/mol. The van der Waals surface area contributed by atoms with Crippen LogP contribution in [-0.2, 0) is 17.8 Å². The maximum atomic E-state index is 5.73. The first-order valence-electron chi connectivity index (χ1n) is 10.4. The summed E-state index contributed by atoms with van der Waals surface area (Å²) in [6, 6.07) is 16.3. The van der Waals surface area contributed by atoms with Crippen LogP contribution in [0.5, 0.6) is 11.5 Å². The lowest BCUT2D eigenvalue weighted by atomic mass is 10.1. The maximum Gasteiger partial charge on any atom is 0.191 e. The van der Waals surface area contributed by atoms with E-state index in [1.807, 2.05) is 24.3 Å². The number of hydrogen-bond donors (Lipinski definition) is 2. The van der Waals surface area contributed by atoms with Gasteiger partial charge in [0.1, 0.15) is 18.1 Å². The van der Waals surface area contributed by atoms with Gasteiger partial charge in [-0.05, 0) is 35.4 Å². The number of hydrogen-bond acceptors (Lipinski definition) is 5. The molecular formula is C23H33IN4O3. The summed E-state index contributed by atoms with van der Waals surface area (Å²) in [5.41, 5.74) is 2.55. The van der Waals surface area contributed by atoms with E-state index in [2.05, 4.69) is 44.8 Å². The van der Waals surface area contributed by atoms with Gasteiger partial charge in [0, 0.05) is 33.2 Å². The molecule has 2 aromatic carbocycles. The van der Waals surface area contributed by atoms with Crippen LogP contribution < -0.4 is 20.1 Å². The molecule has 1 heterocycles. The number of nitrogens with one attached hydrogen (secondary N) is 2. The Labute approximate surface area is 202 Å². The highest BCUT2D eigenvalue weighted by Crippen LogP contribution is 2.16. The van der Waals surface area contributed by atoms with Gasteiger partial charge in [-0.2, -0.15) is 0 Å². The van der Waals surface area contributed by atoms with E-state index in [0.717, 1.165) is 56.9 Å². The molecule has 0 aromatic heterocycles. The third-order valence-electron chi connectivity index (χ3n) is 4.94. The topological polar surface area (TPSA) is 67.4 Å². The van der Waals surface area contributed by atoms with Gasteiger partial charge in [0.05, 0.1) is 26.9 Å². The summed E-state index contributed by atoms with van der Waals surface area (Å²) in [7, 11) is 3.42. The second-order valence-electron chi connectivity index (χ2n) is 7.08. The van der Waals surface area contributed by atoms with E-state index in [1.165, 1.54) is 11.1 Å². The maximum absolute atomic E-state index is 5.73. The van der Waals surface area contributed by atoms with E-state index in [1.54, 1.807) is 14.2 Å². The van der Waals surface area contributed by atoms with E-state index in [0.29, 0.717) is 13.2 Å². The molecule has 0 unspecified atom stereocenters. The van der Waals surface area contributed by atoms with Crippen molar-refractivity contribution in [3.63, 3.8) is 0 Å². The Morgan fingerprint density at radius 1 is 0.968 bits per heavy atom. The molecule has 8 heteroatoms. The van der Waals surface area contributed by atoms with Crippen molar-refractivity contribution in [3.8, 4) is 11.5 Å². The quantitative estimate of drug-likeness (QED) is 0.221. The number of benzene rings is 2. The van der Waals surface area contributed by atoms with Crippen molar-refractivity contribution in [2.45, 2.75) is 13.1 Å². The van der Waals surface area contributed by atoms with Crippen LogP contribution in [0, 0.1) is 0 Å². The van der Waals surface area contributed by atoms with E-state index in [-0.39, 0.29) is 24.0 Å². The Bertz CT molecular complexity index is 778. The summed E-state index contributed by atoms with van der Waals surface area (Å²) in [6.07, 6.45) is 0. The number of rotatable bonds is 9. The Hall–Kier alpha value is -2.04. The van der Waals surface area contributed by atoms with Gasteiger partial charge in [0.2, 0.25) is 0 Å². The molecule has 170 valence electrons. The Balaban J connectivity index is 0.00000341. The summed E-state index contributed by atoms with van der Waals surface area (Å²) in [6.45, 7) is 6.58. The molecule has 3 rings (SSSR count). The second-order valence-corrected chi connectivity index (χ2v) is 7.08. The molecule has 1 fully saturated rings. The predicted molar refractivity (Wildman–Crippen MR) is 135 cm³/mol. The van der Waals surface area contributed by atoms with Crippen LogP contribution in [0.2, 0.25) is 0 Å². The number of aliphatic imine (C=N–C) groups is 1. The summed E-state index contributed by atoms with van der Waals surface area (Å²) in [5.74, 6) is 2.39. The monoisotopic (exact) mass is 540 g/mol. The first-order chi connectivity index (χ1) is 14.8. The van der Waals surface area contributed by atoms with E-state index in [4.69, 9.17) is 14.2 Å². The minimum atomic E-state index is 0. The third kappa shape index (κ3) is 8.92. The number of ether oxygens (including phenoxy) is 3. The van der Waals surface area contributed by atoms with Gasteiger partial charge in [0.15, 0.2) is 5.96 Å². The molecule has 2 N–H and O–H groups in total. The second kappa shape index (κ2) is 14.1. The molecule has 0 bridgehead atoms. The standard InChI is InChI=1S/C23H32N4O3.HI/c1-24-23(25-11-14-30-22-9-7-21(28-2)8-10-22)26-17-19-3-5-20(6-4-19)18-27-12-15-29-16-13-27;/h3-10H,11-18H2,1-2H3,(H2,24,25,26);1H. The lowest BCUT2D eigenvalue weighted by Crippen LogP contribution is -2.38. The largest absolute Gasteiger partial charge is 0.497 e. The van der Waals surface area contributed by atoms with E-state index < -0.39 is 0 Å². The van der Waals surface area contributed by atoms with Crippen molar-refractivity contribution >= 4 is 29.9 Å². The molecule has 1 aliphatic heterocycles. The van der Waals surface area contributed by atoms with Crippen molar-refractivity contribution in [1.82, 2.24) is 15.5 Å². The molecule has 0 aliphatic carbocycles. The van der Waals surface area contributed by atoms with Crippen LogP contribution in [-0.4, -0.2) is 64.5 Å². The first-order valence-corrected chi connectivity index (χ1v) is 10.4. The van der Waals surface area contributed by atoms with Crippen molar-refractivity contribution in [2.24, 2.45) is 4.99 Å². The minimum Gasteiger partial charge on any atom is -0.497 e. The van der Waals surface area contributed by atoms with Crippen LogP contribution in [0.25, 0.3) is 0 Å². The lowest BCUT2D eigenvalue weighted by molar-refractivity contribution is 0.0342. The number of morpholine rings is 1. The molecule has 2 aromatic rings. The van der Waals surface area contributed by atoms with Crippen LogP contribution >= 0.6 is 24.0 Å². The molecule has 1 saturated heterocycles. The van der Waals surface area contributed by atoms with Gasteiger partial charge in [-0.25, -0.2) is 0 Å². The third-order valence-corrected chi connectivity index (χ3v) is 4.94. The van der Waals surface area contributed by atoms with Gasteiger partial charge in [-0.1, -0.05) is 24.3 Å². The van der Waals surface area contributed by atoms with Gasteiger partial charge in [-0.15, -0.1) is 24.0 Å². The first kappa shape index (κ1) is 25.2. The summed E-state index contributed by atoms with van der Waals surface area (Å²) in [5, 5.41) is 6.61. The molecule has 0 radical (unpaired) electrons. The molecule has 1 aliphatic rings. The molecule has 7 nitrogen and oxygen atoms in total. The fourth-order valence-corrected chi connectivity index (χ4v) is 3.20. The SMILES string of the molecule is CN=C(NCCOc1ccc(OC)cc1)NCc1ccc(CN2CCOCC2)cc1.I. The van der Waals surface area contributed by atoms with Gasteiger partial charge >= 0.3 is 0 Å². The van der Waals surface area contributed by atoms with Gasteiger partial charge in [0.25, 0.3) is 0 Å². The normalized spacial score (nSPS) is 14.5. The zero-order valence-corrected chi connectivity index (χ0v) is 20.6. The fourth-order valence-electron chi connectivity index (χ4n) is 3.20. The zero-order chi connectivity index (χ0) is 21.0. The number of guanidine groups is 1. The fraction of sp³-hybridized carbons (Fsp3) is 0.435. The van der Waals surface area contributed by atoms with Crippen molar-refractivity contribution in [2.75, 3.05) is 53.6 Å². The van der Waals surface area contributed by atoms with E-state index in [9.17, 15) is 0 Å². The summed E-state index contributed by atoms with van der Waals surface area (Å²) >= 11 is 0. The van der Waals surface area contributed by atoms with Crippen molar-refractivity contribution in [1.29, 1.82) is 0 Å². The molecule has 31 heavy (non-hydrogen) atoms. The molecule has 0 saturated carbocycles. The summed E-state index contributed by atoms with van der Waals surface area (Å²) < 4.78 is 16.3. The smallest absolute Gasteiger partial charge is 0.191 e. The Morgan fingerprint density at radius 3 is 2.26 bits per heavy atom. The molecule has 0 amide bonds. The highest BCUT2D eigenvalue weighted by atomic mass is 127. The number of halogens is 1. The van der Waals surface area contributed by atoms with Crippen molar-refractivity contribution in [3.05, 3.63) is 59.7 Å². The highest BCUT2D eigenvalue weighted by molar-refractivity contribution is 14.0. The van der Waals surface area contributed by atoms with Gasteiger partial charge in [-0.3, -0.25) is 9.89 Å². The van der Waals surface area contributed by atoms with Crippen LogP contribution in [0.4, 0.5) is 0 Å². The average Bonchev–Trinajstić information content (AvgIpc) is 2.80. The molecular weight excluding hydrogens is 507 g/mol. The van der Waals surface area contributed by atoms with Crippen molar-refractivity contribution < 1.29 is 14.2 Å². The highest BCUT2D eigenvalue weighted by Gasteiger charge is 2.10. The number of nitrogens with zero attached hydrogens (tertiary/aromatic N) is 2. The van der Waals surface area contributed by atoms with Crippen LogP contribution in [0.1, 0.15) is 11.1 Å². The minimum absolute atomic E-state index is 0.